The molecule has 3 aromatic carbocycles. The number of hydrogen-bond donors (Lipinski definition) is 2. The van der Waals surface area contributed by atoms with Crippen LogP contribution in [0.4, 0.5) is 17.1 Å². The van der Waals surface area contributed by atoms with Crippen LogP contribution in [0.3, 0.4) is 0 Å². The molecule has 0 saturated heterocycles. The molecule has 0 aliphatic carbocycles. The third kappa shape index (κ3) is 5.71. The highest BCUT2D eigenvalue weighted by Gasteiger charge is 2.15. The minimum Gasteiger partial charge on any atom is -0.456 e. The van der Waals surface area contributed by atoms with E-state index in [1.165, 1.54) is 6.92 Å². The fraction of sp³-hybridized carbons (Fsp3) is 0.125. The van der Waals surface area contributed by atoms with Crippen LogP contribution in [-0.4, -0.2) is 24.3 Å². The van der Waals surface area contributed by atoms with Gasteiger partial charge in [0.15, 0.2) is 12.4 Å². The number of anilines is 3. The maximum Gasteiger partial charge on any atom is 0.303 e. The molecule has 0 aromatic heterocycles. The number of benzene rings is 3. The monoisotopic (exact) mass is 436 g/mol. The van der Waals surface area contributed by atoms with Gasteiger partial charge >= 0.3 is 5.97 Å². The molecule has 2 N–H and O–H groups in total. The van der Waals surface area contributed by atoms with Crippen molar-refractivity contribution in [2.24, 2.45) is 0 Å². The van der Waals surface area contributed by atoms with Gasteiger partial charge in [0.25, 0.3) is 5.91 Å². The van der Waals surface area contributed by atoms with Crippen molar-refractivity contribution in [3.8, 4) is 0 Å². The molecule has 0 radical (unpaired) electrons. The molecule has 0 spiro atoms. The van der Waals surface area contributed by atoms with Crippen molar-refractivity contribution in [2.75, 3.05) is 17.2 Å². The fourth-order valence-corrected chi connectivity index (χ4v) is 3.23. The Balaban J connectivity index is 1.78. The SMILES string of the molecule is CC(=O)OCC(=O)Nc1ccccc1Nc1ccc(C(=O)c2ccccc2C)c(Cl)c1. The first-order chi connectivity index (χ1) is 14.8. The van der Waals surface area contributed by atoms with E-state index in [0.717, 1.165) is 5.56 Å². The molecule has 6 nitrogen and oxygen atoms in total. The lowest BCUT2D eigenvalue weighted by atomic mass is 9.99. The lowest BCUT2D eigenvalue weighted by molar-refractivity contribution is -0.144. The first-order valence-electron chi connectivity index (χ1n) is 9.54. The number of ether oxygens (including phenoxy) is 1. The number of aryl methyl sites for hydroxylation is 1. The number of para-hydroxylation sites is 2. The first kappa shape index (κ1) is 22.1. The average molecular weight is 437 g/mol. The number of nitrogens with one attached hydrogen (secondary N) is 2. The van der Waals surface area contributed by atoms with Gasteiger partial charge in [-0.25, -0.2) is 0 Å². The van der Waals surface area contributed by atoms with Gasteiger partial charge in [0.1, 0.15) is 0 Å². The molecule has 0 saturated carbocycles. The molecular weight excluding hydrogens is 416 g/mol. The van der Waals surface area contributed by atoms with Crippen LogP contribution in [-0.2, 0) is 14.3 Å². The Morgan fingerprint density at radius 2 is 1.58 bits per heavy atom. The Morgan fingerprint density at radius 3 is 2.26 bits per heavy atom. The molecule has 1 amide bonds. The molecule has 0 heterocycles. The van der Waals surface area contributed by atoms with Crippen LogP contribution in [0.2, 0.25) is 5.02 Å². The van der Waals surface area contributed by atoms with Crippen molar-refractivity contribution < 1.29 is 19.1 Å². The lowest BCUT2D eigenvalue weighted by Crippen LogP contribution is -2.20. The summed E-state index contributed by atoms with van der Waals surface area (Å²) in [5.41, 5.74) is 3.66. The number of esters is 1. The molecule has 0 unspecified atom stereocenters. The van der Waals surface area contributed by atoms with Gasteiger partial charge in [-0.15, -0.1) is 0 Å². The molecule has 3 rings (SSSR count). The fourth-order valence-electron chi connectivity index (χ4n) is 2.96. The van der Waals surface area contributed by atoms with Crippen LogP contribution in [0.5, 0.6) is 0 Å². The third-order valence-corrected chi connectivity index (χ3v) is 4.80. The molecular formula is C24H21ClN2O4. The number of hydrogen-bond acceptors (Lipinski definition) is 5. The maximum atomic E-state index is 12.9. The van der Waals surface area contributed by atoms with Crippen LogP contribution in [0.15, 0.2) is 66.7 Å². The van der Waals surface area contributed by atoms with Crippen LogP contribution in [0.25, 0.3) is 0 Å². The minimum absolute atomic E-state index is 0.146. The van der Waals surface area contributed by atoms with Crippen molar-refractivity contribution >= 4 is 46.3 Å². The Kier molecular flexibility index (Phi) is 7.05. The van der Waals surface area contributed by atoms with E-state index in [1.54, 1.807) is 42.5 Å². The lowest BCUT2D eigenvalue weighted by Gasteiger charge is -2.14. The summed E-state index contributed by atoms with van der Waals surface area (Å²) < 4.78 is 4.71. The molecule has 0 aliphatic rings. The predicted molar refractivity (Wildman–Crippen MR) is 121 cm³/mol. The number of carbonyl (C=O) groups is 3. The second-order valence-electron chi connectivity index (χ2n) is 6.84. The van der Waals surface area contributed by atoms with Gasteiger partial charge in [0, 0.05) is 23.7 Å². The standard InChI is InChI=1S/C24H21ClN2O4/c1-15-7-3-4-8-18(15)24(30)19-12-11-17(13-20(19)25)26-21-9-5-6-10-22(21)27-23(29)14-31-16(2)28/h3-13,26H,14H2,1-2H3,(H,27,29). The Bertz CT molecular complexity index is 1140. The summed E-state index contributed by atoms with van der Waals surface area (Å²) in [6, 6.07) is 19.5. The van der Waals surface area contributed by atoms with Crippen LogP contribution in [0.1, 0.15) is 28.4 Å². The first-order valence-corrected chi connectivity index (χ1v) is 9.92. The van der Waals surface area contributed by atoms with E-state index in [-0.39, 0.29) is 12.4 Å². The number of rotatable bonds is 7. The van der Waals surface area contributed by atoms with Gasteiger partial charge in [-0.3, -0.25) is 14.4 Å². The summed E-state index contributed by atoms with van der Waals surface area (Å²) in [5.74, 6) is -1.13. The maximum absolute atomic E-state index is 12.9. The van der Waals surface area contributed by atoms with E-state index in [1.807, 2.05) is 31.2 Å². The van der Waals surface area contributed by atoms with E-state index in [9.17, 15) is 14.4 Å². The summed E-state index contributed by atoms with van der Waals surface area (Å²) in [7, 11) is 0. The highest BCUT2D eigenvalue weighted by Crippen LogP contribution is 2.29. The smallest absolute Gasteiger partial charge is 0.303 e. The predicted octanol–water partition coefficient (Wildman–Crippen LogP) is 5.12. The highest BCUT2D eigenvalue weighted by molar-refractivity contribution is 6.35. The van der Waals surface area contributed by atoms with E-state index in [0.29, 0.717) is 33.2 Å². The average Bonchev–Trinajstić information content (AvgIpc) is 2.74. The zero-order chi connectivity index (χ0) is 22.4. The molecule has 7 heteroatoms. The van der Waals surface area contributed by atoms with Gasteiger partial charge < -0.3 is 15.4 Å². The van der Waals surface area contributed by atoms with Crippen molar-refractivity contribution in [2.45, 2.75) is 13.8 Å². The highest BCUT2D eigenvalue weighted by atomic mass is 35.5. The van der Waals surface area contributed by atoms with Crippen molar-refractivity contribution in [3.05, 3.63) is 88.4 Å². The van der Waals surface area contributed by atoms with E-state index >= 15 is 0 Å². The molecule has 158 valence electrons. The van der Waals surface area contributed by atoms with Crippen molar-refractivity contribution in [1.82, 2.24) is 0 Å². The number of amides is 1. The van der Waals surface area contributed by atoms with Crippen molar-refractivity contribution in [1.29, 1.82) is 0 Å². The molecule has 31 heavy (non-hydrogen) atoms. The summed E-state index contributed by atoms with van der Waals surface area (Å²) in [5, 5.41) is 6.19. The van der Waals surface area contributed by atoms with Crippen LogP contribution < -0.4 is 10.6 Å². The van der Waals surface area contributed by atoms with Gasteiger partial charge in [0.05, 0.1) is 16.4 Å². The second-order valence-corrected chi connectivity index (χ2v) is 7.24. The summed E-state index contributed by atoms with van der Waals surface area (Å²) >= 11 is 6.41. The zero-order valence-electron chi connectivity index (χ0n) is 17.1. The second kappa shape index (κ2) is 9.91. The molecule has 0 bridgehead atoms. The molecule has 0 aliphatic heterocycles. The van der Waals surface area contributed by atoms with E-state index in [4.69, 9.17) is 16.3 Å². The third-order valence-electron chi connectivity index (χ3n) is 4.49. The van der Waals surface area contributed by atoms with Gasteiger partial charge in [-0.05, 0) is 42.8 Å². The molecule has 0 atom stereocenters. The van der Waals surface area contributed by atoms with E-state index in [2.05, 4.69) is 10.6 Å². The van der Waals surface area contributed by atoms with Crippen molar-refractivity contribution in [3.63, 3.8) is 0 Å². The largest absolute Gasteiger partial charge is 0.456 e. The van der Waals surface area contributed by atoms with Crippen LogP contribution in [0, 0.1) is 6.92 Å². The molecule has 3 aromatic rings. The Hall–Kier alpha value is -3.64. The number of carbonyl (C=O) groups excluding carboxylic acids is 3. The van der Waals surface area contributed by atoms with E-state index < -0.39 is 11.9 Å². The van der Waals surface area contributed by atoms with Gasteiger partial charge in [-0.2, -0.15) is 0 Å². The van der Waals surface area contributed by atoms with Gasteiger partial charge in [-0.1, -0.05) is 48.0 Å². The molecule has 0 fully saturated rings. The zero-order valence-corrected chi connectivity index (χ0v) is 17.8. The minimum atomic E-state index is -0.531. The number of halogens is 1. The Labute approximate surface area is 185 Å². The number of ketones is 1. The van der Waals surface area contributed by atoms with Crippen LogP contribution >= 0.6 is 11.6 Å². The topological polar surface area (TPSA) is 84.5 Å². The normalized spacial score (nSPS) is 10.3. The summed E-state index contributed by atoms with van der Waals surface area (Å²) in [4.78, 5) is 35.7. The quantitative estimate of drug-likeness (QED) is 0.396. The Morgan fingerprint density at radius 1 is 0.903 bits per heavy atom. The summed E-state index contributed by atoms with van der Waals surface area (Å²) in [6.07, 6.45) is 0. The summed E-state index contributed by atoms with van der Waals surface area (Å²) in [6.45, 7) is 2.75. The van der Waals surface area contributed by atoms with Gasteiger partial charge in [0.2, 0.25) is 0 Å².